The molecule has 2 aromatic heterocycles. The lowest BCUT2D eigenvalue weighted by atomic mass is 10.0. The monoisotopic (exact) mass is 441 g/mol. The molecular formula is C25H23N5O3. The van der Waals surface area contributed by atoms with Gasteiger partial charge >= 0.3 is 0 Å². The molecule has 2 aromatic carbocycles. The molecule has 33 heavy (non-hydrogen) atoms. The molecule has 0 radical (unpaired) electrons. The van der Waals surface area contributed by atoms with Gasteiger partial charge in [-0.3, -0.25) is 14.9 Å². The van der Waals surface area contributed by atoms with Gasteiger partial charge in [0.1, 0.15) is 5.75 Å². The Morgan fingerprint density at radius 2 is 1.73 bits per heavy atom. The summed E-state index contributed by atoms with van der Waals surface area (Å²) in [4.78, 5) is 33.8. The molecule has 0 aliphatic heterocycles. The zero-order chi connectivity index (χ0) is 23.4. The number of benzene rings is 2. The van der Waals surface area contributed by atoms with Crippen molar-refractivity contribution < 1.29 is 9.53 Å². The van der Waals surface area contributed by atoms with Gasteiger partial charge in [-0.15, -0.1) is 0 Å². The number of hydrogen-bond acceptors (Lipinski definition) is 6. The first-order chi connectivity index (χ1) is 16.0. The van der Waals surface area contributed by atoms with E-state index in [-0.39, 0.29) is 23.5 Å². The lowest BCUT2D eigenvalue weighted by Gasteiger charge is -2.13. The van der Waals surface area contributed by atoms with Crippen molar-refractivity contribution >= 4 is 11.9 Å². The minimum absolute atomic E-state index is 0.0957. The molecule has 1 N–H and O–H groups in total. The molecule has 0 bridgehead atoms. The van der Waals surface area contributed by atoms with Crippen LogP contribution in [-0.2, 0) is 0 Å². The number of anilines is 1. The normalized spacial score (nSPS) is 10.8. The zero-order valence-electron chi connectivity index (χ0n) is 18.5. The fraction of sp³-hybridized carbons (Fsp3) is 0.160. The van der Waals surface area contributed by atoms with E-state index in [4.69, 9.17) is 4.74 Å². The summed E-state index contributed by atoms with van der Waals surface area (Å²) in [5.74, 6) is 0.486. The first kappa shape index (κ1) is 21.9. The number of nitrogens with zero attached hydrogens (tertiary/aromatic N) is 4. The van der Waals surface area contributed by atoms with Crippen LogP contribution < -0.4 is 15.6 Å². The number of nitrogens with one attached hydrogen (secondary N) is 1. The summed E-state index contributed by atoms with van der Waals surface area (Å²) >= 11 is 0. The summed E-state index contributed by atoms with van der Waals surface area (Å²) in [5, 5.41) is 7.25. The number of ether oxygens (including phenoxy) is 1. The van der Waals surface area contributed by atoms with Gasteiger partial charge in [0, 0.05) is 29.0 Å². The number of methoxy groups -OCH3 is 1. The average Bonchev–Trinajstić information content (AvgIpc) is 2.85. The van der Waals surface area contributed by atoms with Gasteiger partial charge in [0.25, 0.3) is 11.5 Å². The molecule has 0 spiro atoms. The van der Waals surface area contributed by atoms with Gasteiger partial charge in [0.2, 0.25) is 5.95 Å². The minimum atomic E-state index is -0.337. The Hall–Kier alpha value is -4.33. The van der Waals surface area contributed by atoms with Crippen LogP contribution in [0.3, 0.4) is 0 Å². The highest BCUT2D eigenvalue weighted by Crippen LogP contribution is 2.29. The largest absolute Gasteiger partial charge is 0.497 e. The van der Waals surface area contributed by atoms with Gasteiger partial charge in [-0.1, -0.05) is 30.3 Å². The van der Waals surface area contributed by atoms with Crippen molar-refractivity contribution in [2.45, 2.75) is 19.9 Å². The summed E-state index contributed by atoms with van der Waals surface area (Å²) in [6, 6.07) is 19.3. The maximum absolute atomic E-state index is 12.7. The van der Waals surface area contributed by atoms with Crippen molar-refractivity contribution in [3.63, 3.8) is 0 Å². The van der Waals surface area contributed by atoms with Gasteiger partial charge in [-0.05, 0) is 44.2 Å². The van der Waals surface area contributed by atoms with Crippen LogP contribution in [0.2, 0.25) is 0 Å². The predicted molar refractivity (Wildman–Crippen MR) is 126 cm³/mol. The van der Waals surface area contributed by atoms with Crippen molar-refractivity contribution in [3.8, 4) is 28.3 Å². The summed E-state index contributed by atoms with van der Waals surface area (Å²) < 4.78 is 6.55. The molecule has 0 saturated heterocycles. The quantitative estimate of drug-likeness (QED) is 0.481. The van der Waals surface area contributed by atoms with Crippen molar-refractivity contribution in [3.05, 3.63) is 88.8 Å². The fourth-order valence-corrected chi connectivity index (χ4v) is 3.30. The Kier molecular flexibility index (Phi) is 6.26. The van der Waals surface area contributed by atoms with Crippen molar-refractivity contribution in [2.75, 3.05) is 12.4 Å². The first-order valence-corrected chi connectivity index (χ1v) is 10.4. The van der Waals surface area contributed by atoms with E-state index in [0.717, 1.165) is 5.56 Å². The fourth-order valence-electron chi connectivity index (χ4n) is 3.30. The molecular weight excluding hydrogens is 418 g/mol. The highest BCUT2D eigenvalue weighted by atomic mass is 16.5. The highest BCUT2D eigenvalue weighted by molar-refractivity contribution is 6.03. The number of rotatable bonds is 6. The van der Waals surface area contributed by atoms with E-state index in [0.29, 0.717) is 28.3 Å². The van der Waals surface area contributed by atoms with E-state index in [2.05, 4.69) is 20.4 Å². The van der Waals surface area contributed by atoms with E-state index >= 15 is 0 Å². The molecule has 8 nitrogen and oxygen atoms in total. The Balaban J connectivity index is 1.74. The SMILES string of the molecule is COc1ccc(C(=O)Nc2ncc(-c3ccc(=O)n(C(C)C)n3)c(-c3ccccc3)n2)cc1. The lowest BCUT2D eigenvalue weighted by molar-refractivity contribution is 0.102. The lowest BCUT2D eigenvalue weighted by Crippen LogP contribution is -2.24. The molecule has 0 saturated carbocycles. The van der Waals surface area contributed by atoms with Gasteiger partial charge in [0.05, 0.1) is 24.5 Å². The molecule has 0 aliphatic carbocycles. The maximum atomic E-state index is 12.7. The number of hydrogen-bond donors (Lipinski definition) is 1. The second-order valence-electron chi connectivity index (χ2n) is 7.60. The topological polar surface area (TPSA) is 99.0 Å². The van der Waals surface area contributed by atoms with Crippen LogP contribution in [0.1, 0.15) is 30.2 Å². The molecule has 0 atom stereocenters. The van der Waals surface area contributed by atoms with Crippen LogP contribution >= 0.6 is 0 Å². The van der Waals surface area contributed by atoms with E-state index in [9.17, 15) is 9.59 Å². The standard InChI is InChI=1S/C25H23N5O3/c1-16(2)30-22(31)14-13-21(29-30)20-15-26-25(27-23(20)17-7-5-4-6-8-17)28-24(32)18-9-11-19(33-3)12-10-18/h4-16H,1-3H3,(H,26,27,28,32). The average molecular weight is 441 g/mol. The van der Waals surface area contributed by atoms with Crippen LogP contribution in [0.25, 0.3) is 22.5 Å². The molecule has 0 fully saturated rings. The van der Waals surface area contributed by atoms with Crippen molar-refractivity contribution in [1.29, 1.82) is 0 Å². The first-order valence-electron chi connectivity index (χ1n) is 10.4. The summed E-state index contributed by atoms with van der Waals surface area (Å²) in [6.07, 6.45) is 1.61. The molecule has 2 heterocycles. The third-order valence-electron chi connectivity index (χ3n) is 5.00. The van der Waals surface area contributed by atoms with Crippen LogP contribution in [0, 0.1) is 0 Å². The van der Waals surface area contributed by atoms with Gasteiger partial charge in [-0.25, -0.2) is 14.6 Å². The van der Waals surface area contributed by atoms with E-state index in [1.54, 1.807) is 43.6 Å². The smallest absolute Gasteiger partial charge is 0.267 e. The van der Waals surface area contributed by atoms with Crippen LogP contribution in [-0.4, -0.2) is 32.8 Å². The molecule has 0 unspecified atom stereocenters. The Labute approximate surface area is 190 Å². The summed E-state index contributed by atoms with van der Waals surface area (Å²) in [6.45, 7) is 3.79. The second kappa shape index (κ2) is 9.44. The highest BCUT2D eigenvalue weighted by Gasteiger charge is 2.16. The Morgan fingerprint density at radius 1 is 1.00 bits per heavy atom. The Morgan fingerprint density at radius 3 is 2.39 bits per heavy atom. The van der Waals surface area contributed by atoms with Gasteiger partial charge in [0.15, 0.2) is 0 Å². The second-order valence-corrected chi connectivity index (χ2v) is 7.60. The molecule has 166 valence electrons. The van der Waals surface area contributed by atoms with E-state index < -0.39 is 0 Å². The number of carbonyl (C=O) groups excluding carboxylic acids is 1. The molecule has 1 amide bonds. The maximum Gasteiger partial charge on any atom is 0.267 e. The molecule has 0 aliphatic rings. The minimum Gasteiger partial charge on any atom is -0.497 e. The van der Waals surface area contributed by atoms with Crippen LogP contribution in [0.5, 0.6) is 5.75 Å². The number of amides is 1. The molecule has 4 rings (SSSR count). The van der Waals surface area contributed by atoms with Crippen molar-refractivity contribution in [1.82, 2.24) is 19.7 Å². The Bertz CT molecular complexity index is 1330. The number of carbonyl (C=O) groups is 1. The van der Waals surface area contributed by atoms with Gasteiger partial charge in [-0.2, -0.15) is 5.10 Å². The predicted octanol–water partition coefficient (Wildman–Crippen LogP) is 4.21. The molecule has 8 heteroatoms. The number of aromatic nitrogens is 4. The van der Waals surface area contributed by atoms with Gasteiger partial charge < -0.3 is 4.74 Å². The molecule has 4 aromatic rings. The summed E-state index contributed by atoms with van der Waals surface area (Å²) in [5.41, 5.74) is 2.92. The zero-order valence-corrected chi connectivity index (χ0v) is 18.5. The van der Waals surface area contributed by atoms with Crippen LogP contribution in [0.15, 0.2) is 77.7 Å². The third kappa shape index (κ3) is 4.79. The summed E-state index contributed by atoms with van der Waals surface area (Å²) in [7, 11) is 1.57. The van der Waals surface area contributed by atoms with E-state index in [1.165, 1.54) is 10.7 Å². The van der Waals surface area contributed by atoms with Crippen LogP contribution in [0.4, 0.5) is 5.95 Å². The van der Waals surface area contributed by atoms with E-state index in [1.807, 2.05) is 44.2 Å². The third-order valence-corrected chi connectivity index (χ3v) is 5.00. The van der Waals surface area contributed by atoms with Crippen molar-refractivity contribution in [2.24, 2.45) is 0 Å².